The van der Waals surface area contributed by atoms with Gasteiger partial charge in [-0.25, -0.2) is 13.4 Å². The highest BCUT2D eigenvalue weighted by Gasteiger charge is 2.46. The number of imidazole rings is 1. The van der Waals surface area contributed by atoms with E-state index in [1.54, 1.807) is 36.8 Å². The zero-order valence-electron chi connectivity index (χ0n) is 29.1. The average molecular weight is 701 g/mol. The van der Waals surface area contributed by atoms with Gasteiger partial charge in [-0.15, -0.1) is 0 Å². The molecule has 7 heteroatoms. The number of ketones is 1. The molecule has 1 unspecified atom stereocenters. The lowest BCUT2D eigenvalue weighted by Crippen LogP contribution is -2.42. The van der Waals surface area contributed by atoms with Crippen molar-refractivity contribution >= 4 is 15.6 Å². The van der Waals surface area contributed by atoms with Gasteiger partial charge in [0.15, 0.2) is 15.6 Å². The third-order valence-corrected chi connectivity index (χ3v) is 13.6. The van der Waals surface area contributed by atoms with Crippen LogP contribution in [0.3, 0.4) is 0 Å². The van der Waals surface area contributed by atoms with Crippen LogP contribution in [0.1, 0.15) is 91.4 Å². The largest absolute Gasteiger partial charge is 0.391 e. The van der Waals surface area contributed by atoms with Crippen molar-refractivity contribution < 1.29 is 18.3 Å². The Morgan fingerprint density at radius 1 is 0.745 bits per heavy atom. The summed E-state index contributed by atoms with van der Waals surface area (Å²) in [6, 6.07) is 39.0. The molecule has 1 heterocycles. The third kappa shape index (κ3) is 7.24. The first-order valence-corrected chi connectivity index (χ1v) is 20.1. The average Bonchev–Trinajstić information content (AvgIpc) is 3.91. The topological polar surface area (TPSA) is 89.3 Å². The Morgan fingerprint density at radius 3 is 1.76 bits per heavy atom. The molecule has 1 N–H and O–H groups in total. The molecule has 264 valence electrons. The molecule has 0 amide bonds. The van der Waals surface area contributed by atoms with Gasteiger partial charge in [-0.3, -0.25) is 4.79 Å². The van der Waals surface area contributed by atoms with Crippen LogP contribution in [0.25, 0.3) is 0 Å². The van der Waals surface area contributed by atoms with E-state index in [0.717, 1.165) is 48.8 Å². The van der Waals surface area contributed by atoms with E-state index < -0.39 is 32.6 Å². The first-order chi connectivity index (χ1) is 24.9. The normalized spacial score (nSPS) is 17.4. The number of aromatic nitrogens is 2. The summed E-state index contributed by atoms with van der Waals surface area (Å²) in [6.07, 6.45) is 10.9. The van der Waals surface area contributed by atoms with Crippen molar-refractivity contribution in [3.8, 4) is 0 Å². The molecule has 0 saturated heterocycles. The number of aliphatic hydroxyl groups excluding tert-OH is 1. The van der Waals surface area contributed by atoms with Gasteiger partial charge in [-0.1, -0.05) is 141 Å². The molecule has 0 bridgehead atoms. The highest BCUT2D eigenvalue weighted by Crippen LogP contribution is 2.45. The second-order valence-electron chi connectivity index (χ2n) is 14.6. The molecule has 4 aromatic carbocycles. The van der Waals surface area contributed by atoms with Crippen molar-refractivity contribution in [3.63, 3.8) is 0 Å². The van der Waals surface area contributed by atoms with Crippen LogP contribution in [0.2, 0.25) is 0 Å². The Kier molecular flexibility index (Phi) is 10.7. The quantitative estimate of drug-likeness (QED) is 0.0871. The maximum absolute atomic E-state index is 14.7. The van der Waals surface area contributed by atoms with Gasteiger partial charge >= 0.3 is 0 Å². The lowest BCUT2D eigenvalue weighted by atomic mass is 9.76. The highest BCUT2D eigenvalue weighted by molar-refractivity contribution is 7.92. The van der Waals surface area contributed by atoms with E-state index in [1.165, 1.54) is 19.3 Å². The Bertz CT molecular complexity index is 1870. The van der Waals surface area contributed by atoms with Crippen molar-refractivity contribution in [2.45, 2.75) is 86.0 Å². The van der Waals surface area contributed by atoms with Crippen LogP contribution in [0, 0.1) is 17.8 Å². The predicted octanol–water partition coefficient (Wildman–Crippen LogP) is 8.89. The monoisotopic (exact) mass is 700 g/mol. The molecular formula is C44H48N2O4S. The maximum atomic E-state index is 14.7. The number of aliphatic hydroxyl groups is 1. The Hall–Kier alpha value is -4.33. The Labute approximate surface area is 302 Å². The van der Waals surface area contributed by atoms with Crippen LogP contribution in [0.5, 0.6) is 0 Å². The van der Waals surface area contributed by atoms with Crippen molar-refractivity contribution in [2.24, 2.45) is 17.8 Å². The fourth-order valence-corrected chi connectivity index (χ4v) is 10.5. The van der Waals surface area contributed by atoms with Crippen LogP contribution in [-0.4, -0.2) is 40.2 Å². The third-order valence-electron chi connectivity index (χ3n) is 11.4. The molecule has 0 aliphatic heterocycles. The summed E-state index contributed by atoms with van der Waals surface area (Å²) in [6.45, 7) is 0. The van der Waals surface area contributed by atoms with Gasteiger partial charge in [0.25, 0.3) is 0 Å². The summed E-state index contributed by atoms with van der Waals surface area (Å²) in [5.74, 6) is -0.0866. The summed E-state index contributed by atoms with van der Waals surface area (Å²) in [5.41, 5.74) is 2.44. The van der Waals surface area contributed by atoms with Gasteiger partial charge in [0, 0.05) is 6.42 Å². The van der Waals surface area contributed by atoms with Crippen molar-refractivity contribution in [2.75, 3.05) is 0 Å². The lowest BCUT2D eigenvalue weighted by molar-refractivity contribution is 0.0674. The van der Waals surface area contributed by atoms with E-state index >= 15 is 0 Å². The molecule has 2 fully saturated rings. The number of carbonyl (C=O) groups excluding carboxylic acids is 1. The number of benzene rings is 4. The first-order valence-electron chi connectivity index (χ1n) is 18.6. The molecule has 7 rings (SSSR count). The minimum atomic E-state index is -3.86. The van der Waals surface area contributed by atoms with Crippen LogP contribution in [-0.2, 0) is 15.4 Å². The summed E-state index contributed by atoms with van der Waals surface area (Å²) in [5, 5.41) is 11.3. The van der Waals surface area contributed by atoms with E-state index in [9.17, 15) is 18.3 Å². The van der Waals surface area contributed by atoms with Gasteiger partial charge in [0.05, 0.1) is 28.8 Å². The van der Waals surface area contributed by atoms with Crippen LogP contribution in [0.4, 0.5) is 0 Å². The van der Waals surface area contributed by atoms with Gasteiger partial charge < -0.3 is 9.67 Å². The minimum absolute atomic E-state index is 0.0379. The highest BCUT2D eigenvalue weighted by atomic mass is 32.2. The summed E-state index contributed by atoms with van der Waals surface area (Å²) < 4.78 is 30.6. The van der Waals surface area contributed by atoms with E-state index in [0.29, 0.717) is 18.0 Å². The zero-order valence-corrected chi connectivity index (χ0v) is 30.0. The van der Waals surface area contributed by atoms with Gasteiger partial charge in [0.2, 0.25) is 0 Å². The fraction of sp³-hybridized carbons (Fsp3) is 0.364. The first kappa shape index (κ1) is 35.1. The van der Waals surface area contributed by atoms with E-state index in [2.05, 4.69) is 41.4 Å². The second kappa shape index (κ2) is 15.5. The van der Waals surface area contributed by atoms with Crippen LogP contribution < -0.4 is 0 Å². The predicted molar refractivity (Wildman–Crippen MR) is 201 cm³/mol. The van der Waals surface area contributed by atoms with Crippen molar-refractivity contribution in [3.05, 3.63) is 156 Å². The molecule has 1 aromatic heterocycles. The second-order valence-corrected chi connectivity index (χ2v) is 16.7. The SMILES string of the molecule is O=C(C[C@H](C1CC1)C(O)[C@H](CCC1CCCCC1)S(=O)(=O)c1ccccc1)c1cncn1C(c1ccccc1)(c1ccccc1)c1ccccc1. The number of nitrogens with zero attached hydrogens (tertiary/aromatic N) is 2. The Morgan fingerprint density at radius 2 is 1.25 bits per heavy atom. The Balaban J connectivity index is 1.26. The molecule has 5 aromatic rings. The smallest absolute Gasteiger partial charge is 0.183 e. The summed E-state index contributed by atoms with van der Waals surface area (Å²) >= 11 is 0. The van der Waals surface area contributed by atoms with Gasteiger partial charge in [-0.05, 0) is 72.3 Å². The molecule has 3 atom stereocenters. The number of Topliss-reactive ketones (excluding diaryl/α,β-unsaturated/α-hetero) is 1. The molecule has 51 heavy (non-hydrogen) atoms. The molecule has 2 aliphatic rings. The number of hydrogen-bond acceptors (Lipinski definition) is 5. The number of sulfone groups is 1. The minimum Gasteiger partial charge on any atom is -0.391 e. The molecule has 2 saturated carbocycles. The van der Waals surface area contributed by atoms with E-state index in [4.69, 9.17) is 0 Å². The maximum Gasteiger partial charge on any atom is 0.183 e. The molecule has 2 aliphatic carbocycles. The fourth-order valence-electron chi connectivity index (χ4n) is 8.58. The van der Waals surface area contributed by atoms with Crippen LogP contribution in [0.15, 0.2) is 139 Å². The van der Waals surface area contributed by atoms with Gasteiger partial charge in [0.1, 0.15) is 11.2 Å². The van der Waals surface area contributed by atoms with Gasteiger partial charge in [-0.2, -0.15) is 0 Å². The van der Waals surface area contributed by atoms with Crippen molar-refractivity contribution in [1.29, 1.82) is 0 Å². The standard InChI is InChI=1S/C44H48N2O4S/c47-41(30-39(34-27-28-34)43(48)42(29-26-33-16-6-1-7-17-33)51(49,50)38-24-14-5-15-25-38)40-31-45-32-46(40)44(35-18-8-2-9-19-35,36-20-10-3-11-21-36)37-22-12-4-13-23-37/h2-5,8-15,18-25,31-34,39,42-43,48H,1,6-7,16-17,26-30H2/t39-,42+,43?/m1/s1. The zero-order chi connectivity index (χ0) is 35.3. The lowest BCUT2D eigenvalue weighted by Gasteiger charge is -2.38. The number of hydrogen-bond donors (Lipinski definition) is 1. The van der Waals surface area contributed by atoms with E-state index in [1.807, 2.05) is 65.2 Å². The molecule has 0 spiro atoms. The number of carbonyl (C=O) groups is 1. The molecular weight excluding hydrogens is 653 g/mol. The molecule has 6 nitrogen and oxygen atoms in total. The van der Waals surface area contributed by atoms with Crippen LogP contribution >= 0.6 is 0 Å². The van der Waals surface area contributed by atoms with Crippen molar-refractivity contribution in [1.82, 2.24) is 9.55 Å². The summed E-state index contributed by atoms with van der Waals surface area (Å²) in [7, 11) is -3.86. The summed E-state index contributed by atoms with van der Waals surface area (Å²) in [4.78, 5) is 19.5. The number of rotatable bonds is 15. The molecule has 0 radical (unpaired) electrons. The van der Waals surface area contributed by atoms with E-state index in [-0.39, 0.29) is 23.0 Å².